The number of nitrogens with zero attached hydrogens (tertiary/aromatic N) is 1. The second kappa shape index (κ2) is 9.34. The van der Waals surface area contributed by atoms with E-state index in [0.717, 1.165) is 0 Å². The third-order valence-electron chi connectivity index (χ3n) is 3.44. The molecule has 0 radical (unpaired) electrons. The van der Waals surface area contributed by atoms with Gasteiger partial charge in [-0.05, 0) is 35.9 Å². The van der Waals surface area contributed by atoms with Crippen LogP contribution in [0.25, 0.3) is 11.8 Å². The Morgan fingerprint density at radius 1 is 1.14 bits per heavy atom. The summed E-state index contributed by atoms with van der Waals surface area (Å²) in [4.78, 5) is 0. The van der Waals surface area contributed by atoms with Crippen LogP contribution in [0, 0.1) is 11.3 Å². The molecule has 0 atom stereocenters. The van der Waals surface area contributed by atoms with Crippen LogP contribution >= 0.6 is 0 Å². The van der Waals surface area contributed by atoms with Crippen LogP contribution in [-0.4, -0.2) is 13.0 Å². The van der Waals surface area contributed by atoms with Gasteiger partial charge in [0.1, 0.15) is 24.2 Å². The van der Waals surface area contributed by atoms with E-state index in [1.165, 1.54) is 24.3 Å². The Labute approximate surface area is 159 Å². The van der Waals surface area contributed by atoms with Gasteiger partial charge in [0, 0.05) is 5.56 Å². The minimum atomic E-state index is -4.72. The zero-order valence-electron chi connectivity index (χ0n) is 14.5. The van der Waals surface area contributed by atoms with Crippen LogP contribution in [0.15, 0.2) is 60.3 Å². The average molecular weight is 390 g/mol. The van der Waals surface area contributed by atoms with Gasteiger partial charge in [-0.2, -0.15) is 5.26 Å². The molecule has 0 bridgehead atoms. The number of hydrazine groups is 1. The van der Waals surface area contributed by atoms with Crippen molar-refractivity contribution in [2.24, 2.45) is 11.6 Å². The van der Waals surface area contributed by atoms with Crippen molar-refractivity contribution in [2.75, 3.05) is 6.61 Å². The van der Waals surface area contributed by atoms with Crippen LogP contribution in [0.4, 0.5) is 13.2 Å². The van der Waals surface area contributed by atoms with E-state index in [4.69, 9.17) is 21.6 Å². The van der Waals surface area contributed by atoms with Crippen LogP contribution in [0.2, 0.25) is 0 Å². The van der Waals surface area contributed by atoms with Gasteiger partial charge >= 0.3 is 6.36 Å². The molecule has 6 nitrogen and oxygen atoms in total. The van der Waals surface area contributed by atoms with Gasteiger partial charge in [0.2, 0.25) is 0 Å². The lowest BCUT2D eigenvalue weighted by Crippen LogP contribution is -2.23. The molecule has 0 amide bonds. The van der Waals surface area contributed by atoms with Crippen molar-refractivity contribution in [1.82, 2.24) is 5.43 Å². The predicted molar refractivity (Wildman–Crippen MR) is 98.1 cm³/mol. The van der Waals surface area contributed by atoms with Gasteiger partial charge < -0.3 is 20.6 Å². The number of rotatable bonds is 7. The molecule has 0 heterocycles. The lowest BCUT2D eigenvalue weighted by Gasteiger charge is -2.09. The lowest BCUT2D eigenvalue weighted by molar-refractivity contribution is -0.274. The summed E-state index contributed by atoms with van der Waals surface area (Å²) in [5, 5.41) is 8.95. The summed E-state index contributed by atoms with van der Waals surface area (Å²) in [7, 11) is 0. The lowest BCUT2D eigenvalue weighted by atomic mass is 10.1. The van der Waals surface area contributed by atoms with Gasteiger partial charge in [-0.1, -0.05) is 30.3 Å². The summed E-state index contributed by atoms with van der Waals surface area (Å²) < 4.78 is 45.8. The number of nitrogens with two attached hydrogens (primary N) is 2. The molecule has 0 fully saturated rings. The van der Waals surface area contributed by atoms with Gasteiger partial charge in [-0.25, -0.2) is 5.84 Å². The van der Waals surface area contributed by atoms with Crippen molar-refractivity contribution in [3.63, 3.8) is 0 Å². The molecule has 5 N–H and O–H groups in total. The number of allylic oxidation sites excluding steroid dienone is 1. The highest BCUT2D eigenvalue weighted by Crippen LogP contribution is 2.23. The molecule has 28 heavy (non-hydrogen) atoms. The van der Waals surface area contributed by atoms with E-state index in [2.05, 4.69) is 10.2 Å². The Morgan fingerprint density at radius 2 is 1.86 bits per heavy atom. The Hall–Kier alpha value is -3.64. The predicted octanol–water partition coefficient (Wildman–Crippen LogP) is 3.29. The molecular weight excluding hydrogens is 373 g/mol. The first-order chi connectivity index (χ1) is 13.3. The van der Waals surface area contributed by atoms with Crippen molar-refractivity contribution in [2.45, 2.75) is 6.36 Å². The Balaban J connectivity index is 1.96. The standard InChI is InChI=1S/C19H17F3N4O2/c20-19(21,22)28-15-8-6-13(7-9-15)3-2-10-27-16-5-1-4-14(11-16)18(24)17(12-23)26-25/h1-9,11,26H,10,24-25H2/b3-2+,18-17-. The largest absolute Gasteiger partial charge is 0.573 e. The molecule has 0 aliphatic carbocycles. The molecule has 2 aromatic carbocycles. The molecular formula is C19H17F3N4O2. The van der Waals surface area contributed by atoms with E-state index in [9.17, 15) is 13.2 Å². The van der Waals surface area contributed by atoms with Crippen molar-refractivity contribution in [3.05, 3.63) is 71.4 Å². The van der Waals surface area contributed by atoms with E-state index in [1.54, 1.807) is 36.4 Å². The second-order valence-electron chi connectivity index (χ2n) is 5.40. The zero-order valence-corrected chi connectivity index (χ0v) is 14.5. The highest BCUT2D eigenvalue weighted by molar-refractivity contribution is 5.69. The SMILES string of the molecule is N#C/C(NN)=C(/N)c1cccc(OC/C=C/c2ccc(OC(F)(F)F)cc2)c1. The van der Waals surface area contributed by atoms with Crippen LogP contribution in [-0.2, 0) is 0 Å². The number of hydrogen-bond donors (Lipinski definition) is 3. The number of nitrogens with one attached hydrogen (secondary N) is 1. The van der Waals surface area contributed by atoms with E-state index < -0.39 is 6.36 Å². The molecule has 0 spiro atoms. The normalized spacial score (nSPS) is 12.2. The summed E-state index contributed by atoms with van der Waals surface area (Å²) in [5.74, 6) is 5.47. The van der Waals surface area contributed by atoms with Crippen molar-refractivity contribution >= 4 is 11.8 Å². The Morgan fingerprint density at radius 3 is 2.46 bits per heavy atom. The second-order valence-corrected chi connectivity index (χ2v) is 5.40. The minimum Gasteiger partial charge on any atom is -0.490 e. The van der Waals surface area contributed by atoms with Crippen LogP contribution in [0.5, 0.6) is 11.5 Å². The maximum absolute atomic E-state index is 12.1. The quantitative estimate of drug-likeness (QED) is 0.381. The summed E-state index contributed by atoms with van der Waals surface area (Å²) in [6, 6.07) is 14.1. The number of ether oxygens (including phenoxy) is 2. The topological polar surface area (TPSA) is 106 Å². The molecule has 2 aromatic rings. The fraction of sp³-hybridized carbons (Fsp3) is 0.105. The monoisotopic (exact) mass is 390 g/mol. The third kappa shape index (κ3) is 6.26. The molecule has 0 saturated carbocycles. The fourth-order valence-corrected chi connectivity index (χ4v) is 2.18. The number of benzene rings is 2. The molecule has 0 saturated heterocycles. The molecule has 146 valence electrons. The van der Waals surface area contributed by atoms with Crippen molar-refractivity contribution < 1.29 is 22.6 Å². The molecule has 0 aromatic heterocycles. The third-order valence-corrected chi connectivity index (χ3v) is 3.44. The van der Waals surface area contributed by atoms with E-state index in [1.807, 2.05) is 6.07 Å². The Kier molecular flexibility index (Phi) is 6.90. The van der Waals surface area contributed by atoms with Crippen LogP contribution in [0.1, 0.15) is 11.1 Å². The van der Waals surface area contributed by atoms with Crippen molar-refractivity contribution in [3.8, 4) is 17.6 Å². The average Bonchev–Trinajstić information content (AvgIpc) is 2.66. The minimum absolute atomic E-state index is 0.0370. The summed E-state index contributed by atoms with van der Waals surface area (Å²) in [6.07, 6.45) is -1.32. The van der Waals surface area contributed by atoms with E-state index in [-0.39, 0.29) is 23.8 Å². The van der Waals surface area contributed by atoms with Crippen molar-refractivity contribution in [1.29, 1.82) is 5.26 Å². The van der Waals surface area contributed by atoms with Gasteiger partial charge in [-0.15, -0.1) is 13.2 Å². The highest BCUT2D eigenvalue weighted by atomic mass is 19.4. The number of halogens is 3. The maximum Gasteiger partial charge on any atom is 0.573 e. The van der Waals surface area contributed by atoms with Crippen LogP contribution < -0.4 is 26.5 Å². The van der Waals surface area contributed by atoms with Gasteiger partial charge in [0.25, 0.3) is 0 Å². The first-order valence-electron chi connectivity index (χ1n) is 7.94. The van der Waals surface area contributed by atoms with Gasteiger partial charge in [-0.3, -0.25) is 0 Å². The zero-order chi connectivity index (χ0) is 20.6. The molecule has 0 aliphatic heterocycles. The maximum atomic E-state index is 12.1. The van der Waals surface area contributed by atoms with Gasteiger partial charge in [0.05, 0.1) is 5.70 Å². The molecule has 9 heteroatoms. The molecule has 0 unspecified atom stereocenters. The Bertz CT molecular complexity index is 901. The number of alkyl halides is 3. The van der Waals surface area contributed by atoms with Gasteiger partial charge in [0.15, 0.2) is 5.70 Å². The van der Waals surface area contributed by atoms with E-state index >= 15 is 0 Å². The molecule has 2 rings (SSSR count). The summed E-state index contributed by atoms with van der Waals surface area (Å²) in [5.41, 5.74) is 9.58. The first-order valence-corrected chi connectivity index (χ1v) is 7.94. The summed E-state index contributed by atoms with van der Waals surface area (Å²) in [6.45, 7) is 0.216. The first kappa shape index (κ1) is 20.7. The molecule has 0 aliphatic rings. The fourth-order valence-electron chi connectivity index (χ4n) is 2.18. The highest BCUT2D eigenvalue weighted by Gasteiger charge is 2.30. The van der Waals surface area contributed by atoms with Crippen LogP contribution in [0.3, 0.4) is 0 Å². The number of nitriles is 1. The van der Waals surface area contributed by atoms with E-state index in [0.29, 0.717) is 16.9 Å². The summed E-state index contributed by atoms with van der Waals surface area (Å²) >= 11 is 0. The smallest absolute Gasteiger partial charge is 0.490 e. The number of hydrogen-bond acceptors (Lipinski definition) is 6.